The van der Waals surface area contributed by atoms with Gasteiger partial charge in [0.1, 0.15) is 5.69 Å². The molecule has 1 aromatic carbocycles. The summed E-state index contributed by atoms with van der Waals surface area (Å²) in [6.07, 6.45) is 3.63. The van der Waals surface area contributed by atoms with Gasteiger partial charge >= 0.3 is 0 Å². The van der Waals surface area contributed by atoms with Crippen LogP contribution >= 0.6 is 11.8 Å². The highest BCUT2D eigenvalue weighted by molar-refractivity contribution is 7.99. The maximum absolute atomic E-state index is 11.9. The Labute approximate surface area is 129 Å². The summed E-state index contributed by atoms with van der Waals surface area (Å²) in [5.74, 6) is 6.04. The standard InChI is InChI=1S/C17H16N2OS/c1-13(21-2)17(20)19-16-8-5-6-14(12-16)9-10-15-7-3-4-11-18-15/h3-8,11-13H,1-2H3,(H,19,20). The van der Waals surface area contributed by atoms with Crippen molar-refractivity contribution in [1.82, 2.24) is 4.98 Å². The Bertz CT molecular complexity index is 674. The minimum atomic E-state index is -0.0757. The van der Waals surface area contributed by atoms with Gasteiger partial charge in [-0.3, -0.25) is 4.79 Å². The zero-order chi connectivity index (χ0) is 15.1. The van der Waals surface area contributed by atoms with Gasteiger partial charge in [-0.25, -0.2) is 4.98 Å². The van der Waals surface area contributed by atoms with E-state index >= 15 is 0 Å². The highest BCUT2D eigenvalue weighted by Crippen LogP contribution is 2.13. The lowest BCUT2D eigenvalue weighted by Gasteiger charge is -2.09. The molecule has 2 aromatic rings. The fourth-order valence-electron chi connectivity index (χ4n) is 1.60. The molecule has 0 radical (unpaired) electrons. The van der Waals surface area contributed by atoms with Crippen LogP contribution < -0.4 is 5.32 Å². The Morgan fingerprint density at radius 1 is 1.24 bits per heavy atom. The molecule has 0 fully saturated rings. The van der Waals surface area contributed by atoms with Gasteiger partial charge < -0.3 is 5.32 Å². The zero-order valence-corrected chi connectivity index (χ0v) is 12.8. The molecule has 0 aliphatic rings. The Kier molecular flexibility index (Phi) is 5.42. The van der Waals surface area contributed by atoms with E-state index in [0.717, 1.165) is 16.9 Å². The number of nitrogens with one attached hydrogen (secondary N) is 1. The van der Waals surface area contributed by atoms with Crippen LogP contribution in [0.15, 0.2) is 48.7 Å². The van der Waals surface area contributed by atoms with E-state index in [0.29, 0.717) is 0 Å². The number of rotatable bonds is 3. The predicted octanol–water partition coefficient (Wildman–Crippen LogP) is 3.17. The van der Waals surface area contributed by atoms with Crippen LogP contribution in [-0.2, 0) is 4.79 Å². The Balaban J connectivity index is 2.12. The summed E-state index contributed by atoms with van der Waals surface area (Å²) in [5.41, 5.74) is 2.33. The molecule has 0 aliphatic heterocycles. The molecule has 0 saturated heterocycles. The van der Waals surface area contributed by atoms with Gasteiger partial charge in [0.15, 0.2) is 0 Å². The second-order valence-corrected chi connectivity index (χ2v) is 5.59. The van der Waals surface area contributed by atoms with Crippen molar-refractivity contribution in [2.75, 3.05) is 11.6 Å². The summed E-state index contributed by atoms with van der Waals surface area (Å²) in [6, 6.07) is 13.1. The van der Waals surface area contributed by atoms with Gasteiger partial charge in [0.05, 0.1) is 5.25 Å². The van der Waals surface area contributed by atoms with E-state index in [9.17, 15) is 4.79 Å². The lowest BCUT2D eigenvalue weighted by molar-refractivity contribution is -0.115. The van der Waals surface area contributed by atoms with Gasteiger partial charge in [-0.15, -0.1) is 0 Å². The van der Waals surface area contributed by atoms with Gasteiger partial charge in [-0.2, -0.15) is 11.8 Å². The minimum Gasteiger partial charge on any atom is -0.325 e. The van der Waals surface area contributed by atoms with E-state index < -0.39 is 0 Å². The molecule has 2 rings (SSSR count). The molecular formula is C17H16N2OS. The van der Waals surface area contributed by atoms with Crippen molar-refractivity contribution in [2.24, 2.45) is 0 Å². The fraction of sp³-hybridized carbons (Fsp3) is 0.176. The molecule has 0 saturated carbocycles. The molecule has 4 heteroatoms. The summed E-state index contributed by atoms with van der Waals surface area (Å²) < 4.78 is 0. The number of hydrogen-bond acceptors (Lipinski definition) is 3. The molecule has 1 aromatic heterocycles. The van der Waals surface area contributed by atoms with Crippen LogP contribution in [0.1, 0.15) is 18.2 Å². The number of pyridine rings is 1. The van der Waals surface area contributed by atoms with Gasteiger partial charge in [0.2, 0.25) is 5.91 Å². The van der Waals surface area contributed by atoms with Crippen LogP contribution in [0, 0.1) is 11.8 Å². The number of anilines is 1. The van der Waals surface area contributed by atoms with E-state index in [1.165, 1.54) is 11.8 Å². The first-order valence-electron chi connectivity index (χ1n) is 6.56. The van der Waals surface area contributed by atoms with Crippen LogP contribution in [0.2, 0.25) is 0 Å². The summed E-state index contributed by atoms with van der Waals surface area (Å²) >= 11 is 1.52. The lowest BCUT2D eigenvalue weighted by Crippen LogP contribution is -2.22. The summed E-state index contributed by atoms with van der Waals surface area (Å²) in [7, 11) is 0. The molecule has 1 unspecified atom stereocenters. The summed E-state index contributed by atoms with van der Waals surface area (Å²) in [5, 5.41) is 2.81. The number of carbonyl (C=O) groups excluding carboxylic acids is 1. The maximum Gasteiger partial charge on any atom is 0.237 e. The zero-order valence-electron chi connectivity index (χ0n) is 12.0. The number of thioether (sulfide) groups is 1. The number of carbonyl (C=O) groups is 1. The van der Waals surface area contributed by atoms with Crippen molar-refractivity contribution in [3.8, 4) is 11.8 Å². The van der Waals surface area contributed by atoms with E-state index in [1.54, 1.807) is 6.20 Å². The highest BCUT2D eigenvalue weighted by atomic mass is 32.2. The molecule has 106 valence electrons. The van der Waals surface area contributed by atoms with E-state index in [-0.39, 0.29) is 11.2 Å². The molecule has 3 nitrogen and oxygen atoms in total. The minimum absolute atomic E-state index is 0.00247. The van der Waals surface area contributed by atoms with Crippen LogP contribution in [0.25, 0.3) is 0 Å². The van der Waals surface area contributed by atoms with Gasteiger partial charge in [0.25, 0.3) is 0 Å². The topological polar surface area (TPSA) is 42.0 Å². The van der Waals surface area contributed by atoms with Gasteiger partial charge in [0, 0.05) is 17.4 Å². The van der Waals surface area contributed by atoms with Gasteiger partial charge in [-0.05, 0) is 49.4 Å². The Morgan fingerprint density at radius 3 is 2.81 bits per heavy atom. The predicted molar refractivity (Wildman–Crippen MR) is 88.3 cm³/mol. The number of nitrogens with zero attached hydrogens (tertiary/aromatic N) is 1. The van der Waals surface area contributed by atoms with Crippen LogP contribution in [0.3, 0.4) is 0 Å². The van der Waals surface area contributed by atoms with Crippen molar-refractivity contribution in [3.63, 3.8) is 0 Å². The molecule has 1 amide bonds. The normalized spacial score (nSPS) is 11.1. The van der Waals surface area contributed by atoms with Crippen molar-refractivity contribution >= 4 is 23.4 Å². The molecular weight excluding hydrogens is 280 g/mol. The third-order valence-corrected chi connectivity index (χ3v) is 3.77. The number of aromatic nitrogens is 1. The molecule has 0 spiro atoms. The molecule has 0 bridgehead atoms. The number of benzene rings is 1. The smallest absolute Gasteiger partial charge is 0.237 e. The second kappa shape index (κ2) is 7.51. The van der Waals surface area contributed by atoms with E-state index in [2.05, 4.69) is 22.1 Å². The second-order valence-electron chi connectivity index (χ2n) is 4.41. The molecule has 1 atom stereocenters. The van der Waals surface area contributed by atoms with Crippen molar-refractivity contribution < 1.29 is 4.79 Å². The molecule has 0 aliphatic carbocycles. The summed E-state index contributed by atoms with van der Waals surface area (Å²) in [4.78, 5) is 16.0. The average Bonchev–Trinajstić information content (AvgIpc) is 2.53. The quantitative estimate of drug-likeness (QED) is 0.885. The fourth-order valence-corrected chi connectivity index (χ4v) is 1.87. The first-order valence-corrected chi connectivity index (χ1v) is 7.84. The Morgan fingerprint density at radius 2 is 2.10 bits per heavy atom. The monoisotopic (exact) mass is 296 g/mol. The van der Waals surface area contributed by atoms with Crippen molar-refractivity contribution in [2.45, 2.75) is 12.2 Å². The van der Waals surface area contributed by atoms with Crippen molar-refractivity contribution in [1.29, 1.82) is 0 Å². The first kappa shape index (κ1) is 15.1. The maximum atomic E-state index is 11.9. The first-order chi connectivity index (χ1) is 10.2. The highest BCUT2D eigenvalue weighted by Gasteiger charge is 2.10. The van der Waals surface area contributed by atoms with Crippen LogP contribution in [0.4, 0.5) is 5.69 Å². The Hall–Kier alpha value is -2.25. The van der Waals surface area contributed by atoms with Gasteiger partial charge in [-0.1, -0.05) is 18.1 Å². The number of amides is 1. The molecule has 21 heavy (non-hydrogen) atoms. The number of hydrogen-bond donors (Lipinski definition) is 1. The average molecular weight is 296 g/mol. The largest absolute Gasteiger partial charge is 0.325 e. The van der Waals surface area contributed by atoms with Crippen molar-refractivity contribution in [3.05, 3.63) is 59.9 Å². The summed E-state index contributed by atoms with van der Waals surface area (Å²) in [6.45, 7) is 1.88. The third-order valence-electron chi connectivity index (χ3n) is 2.85. The van der Waals surface area contributed by atoms with Crippen LogP contribution in [0.5, 0.6) is 0 Å². The molecule has 1 heterocycles. The molecule has 1 N–H and O–H groups in total. The van der Waals surface area contributed by atoms with E-state index in [4.69, 9.17) is 0 Å². The SMILES string of the molecule is CSC(C)C(=O)Nc1cccc(C#Cc2ccccn2)c1. The van der Waals surface area contributed by atoms with E-state index in [1.807, 2.05) is 55.6 Å². The van der Waals surface area contributed by atoms with Crippen LogP contribution in [-0.4, -0.2) is 22.4 Å². The third kappa shape index (κ3) is 4.66. The lowest BCUT2D eigenvalue weighted by atomic mass is 10.2.